The molecule has 0 aromatic heterocycles. The summed E-state index contributed by atoms with van der Waals surface area (Å²) in [6.45, 7) is 1.28. The molecule has 0 radical (unpaired) electrons. The second-order valence-electron chi connectivity index (χ2n) is 10.00. The van der Waals surface area contributed by atoms with Crippen molar-refractivity contribution in [3.05, 3.63) is 110 Å². The van der Waals surface area contributed by atoms with E-state index in [2.05, 4.69) is 0 Å². The molecule has 3 aromatic rings. The Morgan fingerprint density at radius 3 is 2.26 bits per heavy atom. The van der Waals surface area contributed by atoms with Gasteiger partial charge >= 0.3 is 5.97 Å². The van der Waals surface area contributed by atoms with Gasteiger partial charge in [-0.15, -0.1) is 0 Å². The van der Waals surface area contributed by atoms with Gasteiger partial charge in [-0.2, -0.15) is 5.01 Å². The lowest BCUT2D eigenvalue weighted by Crippen LogP contribution is -2.52. The number of nitrogens with zero attached hydrogens (tertiary/aromatic N) is 2. The quantitative estimate of drug-likeness (QED) is 0.0984. The van der Waals surface area contributed by atoms with Gasteiger partial charge in [-0.1, -0.05) is 58.6 Å². The molecular formula is C31H23Cl3N2O6. The molecule has 1 aliphatic carbocycles. The molecule has 1 saturated heterocycles. The van der Waals surface area contributed by atoms with Crippen LogP contribution in [0.1, 0.15) is 50.8 Å². The highest BCUT2D eigenvalue weighted by molar-refractivity contribution is 6.36. The number of amides is 3. The Labute approximate surface area is 256 Å². The van der Waals surface area contributed by atoms with Crippen LogP contribution in [0, 0.1) is 11.8 Å². The van der Waals surface area contributed by atoms with Crippen LogP contribution in [0.2, 0.25) is 15.1 Å². The van der Waals surface area contributed by atoms with Crippen LogP contribution in [0.3, 0.4) is 0 Å². The fourth-order valence-electron chi connectivity index (χ4n) is 5.02. The molecule has 2 atom stereocenters. The number of Topliss-reactive ketones (excluding diaryl/α,β-unsaturated/α-hetero) is 1. The molecule has 0 bridgehead atoms. The summed E-state index contributed by atoms with van der Waals surface area (Å²) in [7, 11) is 0. The van der Waals surface area contributed by atoms with E-state index >= 15 is 0 Å². The van der Waals surface area contributed by atoms with Gasteiger partial charge in [0, 0.05) is 10.6 Å². The van der Waals surface area contributed by atoms with Crippen LogP contribution in [-0.2, 0) is 9.59 Å². The van der Waals surface area contributed by atoms with Crippen LogP contribution in [-0.4, -0.2) is 46.0 Å². The van der Waals surface area contributed by atoms with Crippen LogP contribution in [0.25, 0.3) is 0 Å². The zero-order valence-corrected chi connectivity index (χ0v) is 24.4. The number of halogens is 3. The topological polar surface area (TPSA) is 101 Å². The number of carbonyl (C=O) groups excluding carboxylic acids is 5. The number of ether oxygens (including phenoxy) is 1. The Morgan fingerprint density at radius 2 is 1.57 bits per heavy atom. The summed E-state index contributed by atoms with van der Waals surface area (Å²) in [5, 5.41) is 2.28. The molecule has 5 rings (SSSR count). The summed E-state index contributed by atoms with van der Waals surface area (Å²) in [5.74, 6) is -4.18. The molecule has 11 heteroatoms. The van der Waals surface area contributed by atoms with E-state index in [-0.39, 0.29) is 32.5 Å². The molecule has 3 amide bonds. The third-order valence-corrected chi connectivity index (χ3v) is 8.09. The Balaban J connectivity index is 1.38. The van der Waals surface area contributed by atoms with E-state index in [0.717, 1.165) is 15.6 Å². The van der Waals surface area contributed by atoms with Gasteiger partial charge in [0.1, 0.15) is 12.3 Å². The molecular weight excluding hydrogens is 603 g/mol. The summed E-state index contributed by atoms with van der Waals surface area (Å²) in [5.41, 5.74) is 1.30. The number of hydrogen-bond acceptors (Lipinski definition) is 6. The lowest BCUT2D eigenvalue weighted by molar-refractivity contribution is -0.154. The highest BCUT2D eigenvalue weighted by Gasteiger charge is 2.51. The van der Waals surface area contributed by atoms with Crippen LogP contribution in [0.5, 0.6) is 5.75 Å². The molecule has 42 heavy (non-hydrogen) atoms. The van der Waals surface area contributed by atoms with Gasteiger partial charge in [0.25, 0.3) is 17.7 Å². The number of carbonyl (C=O) groups is 5. The van der Waals surface area contributed by atoms with Crippen LogP contribution >= 0.6 is 34.8 Å². The third-order valence-electron chi connectivity index (χ3n) is 7.21. The molecule has 3 aromatic carbocycles. The summed E-state index contributed by atoms with van der Waals surface area (Å²) < 4.78 is 5.36. The number of rotatable bonds is 7. The maximum Gasteiger partial charge on any atom is 0.345 e. The molecule has 2 aliphatic rings. The molecule has 0 saturated carbocycles. The third kappa shape index (κ3) is 5.83. The van der Waals surface area contributed by atoms with Gasteiger partial charge < -0.3 is 4.74 Å². The molecule has 0 unspecified atom stereocenters. The number of allylic oxidation sites excluding steroid dienone is 2. The number of hydrazine groups is 1. The van der Waals surface area contributed by atoms with Crippen LogP contribution < -0.4 is 4.74 Å². The van der Waals surface area contributed by atoms with E-state index in [4.69, 9.17) is 39.5 Å². The second kappa shape index (κ2) is 12.1. The van der Waals surface area contributed by atoms with Crippen molar-refractivity contribution >= 4 is 64.3 Å². The first-order valence-electron chi connectivity index (χ1n) is 13.0. The number of ketones is 1. The lowest BCUT2D eigenvalue weighted by atomic mass is 9.82. The largest absolute Gasteiger partial charge is 0.423 e. The molecule has 1 heterocycles. The Morgan fingerprint density at radius 1 is 0.881 bits per heavy atom. The standard InChI is InChI=1S/C31H23Cl3N2O6/c1-17-6-12-21-24(14-17)30(40)36(29(21)39)35(28(38)22-4-2-3-5-25(22)33)16-27(37)18-7-10-20(11-8-18)42-31(41)23-13-9-19(32)15-26(23)34/h2-11,13,15,21,24H,12,14,16H2,1H3/t21-,24+/m0/s1. The minimum atomic E-state index is -0.760. The summed E-state index contributed by atoms with van der Waals surface area (Å²) >= 11 is 18.2. The van der Waals surface area contributed by atoms with Crippen molar-refractivity contribution in [1.82, 2.24) is 10.0 Å². The van der Waals surface area contributed by atoms with Crippen molar-refractivity contribution in [3.63, 3.8) is 0 Å². The molecule has 1 aliphatic heterocycles. The lowest BCUT2D eigenvalue weighted by Gasteiger charge is -2.30. The van der Waals surface area contributed by atoms with Crippen molar-refractivity contribution in [1.29, 1.82) is 0 Å². The molecule has 0 N–H and O–H groups in total. The molecule has 1 fully saturated rings. The number of fused-ring (bicyclic) bond motifs is 1. The van der Waals surface area contributed by atoms with Gasteiger partial charge in [0.05, 0.1) is 33.0 Å². The van der Waals surface area contributed by atoms with E-state index in [0.29, 0.717) is 17.9 Å². The predicted molar refractivity (Wildman–Crippen MR) is 157 cm³/mol. The molecule has 214 valence electrons. The van der Waals surface area contributed by atoms with Crippen molar-refractivity contribution in [3.8, 4) is 5.75 Å². The first-order chi connectivity index (χ1) is 20.0. The maximum absolute atomic E-state index is 13.7. The van der Waals surface area contributed by atoms with Gasteiger partial charge in [0.15, 0.2) is 5.78 Å². The van der Waals surface area contributed by atoms with Gasteiger partial charge in [-0.25, -0.2) is 9.80 Å². The van der Waals surface area contributed by atoms with Crippen LogP contribution in [0.4, 0.5) is 0 Å². The summed E-state index contributed by atoms with van der Waals surface area (Å²) in [4.78, 5) is 66.5. The first-order valence-corrected chi connectivity index (χ1v) is 14.1. The van der Waals surface area contributed by atoms with E-state index in [1.54, 1.807) is 12.1 Å². The fourth-order valence-corrected chi connectivity index (χ4v) is 5.72. The van der Waals surface area contributed by atoms with E-state index in [1.165, 1.54) is 54.6 Å². The fraction of sp³-hybridized carbons (Fsp3) is 0.194. The first kappa shape index (κ1) is 29.5. The second-order valence-corrected chi connectivity index (χ2v) is 11.2. The number of esters is 1. The van der Waals surface area contributed by atoms with E-state index in [9.17, 15) is 24.0 Å². The molecule has 8 nitrogen and oxygen atoms in total. The average Bonchev–Trinajstić information content (AvgIpc) is 3.20. The maximum atomic E-state index is 13.7. The predicted octanol–water partition coefficient (Wildman–Crippen LogP) is 6.45. The smallest absolute Gasteiger partial charge is 0.345 e. The molecule has 0 spiro atoms. The average molecular weight is 626 g/mol. The van der Waals surface area contributed by atoms with Gasteiger partial charge in [-0.3, -0.25) is 19.2 Å². The Bertz CT molecular complexity index is 1650. The zero-order chi connectivity index (χ0) is 30.1. The SMILES string of the molecule is CC1=CC[C@@H]2C(=O)N(N(CC(=O)c3ccc(OC(=O)c4ccc(Cl)cc4Cl)cc3)C(=O)c3ccccc3Cl)C(=O)[C@@H]2C1. The summed E-state index contributed by atoms with van der Waals surface area (Å²) in [6, 6.07) is 16.2. The zero-order valence-electron chi connectivity index (χ0n) is 22.2. The number of benzene rings is 3. The van der Waals surface area contributed by atoms with E-state index in [1.807, 2.05) is 13.0 Å². The van der Waals surface area contributed by atoms with E-state index < -0.39 is 47.9 Å². The van der Waals surface area contributed by atoms with Gasteiger partial charge in [-0.05, 0) is 74.4 Å². The summed E-state index contributed by atoms with van der Waals surface area (Å²) in [6.07, 6.45) is 2.69. The Kier molecular flexibility index (Phi) is 8.50. The number of hydrogen-bond donors (Lipinski definition) is 0. The van der Waals surface area contributed by atoms with Crippen LogP contribution in [0.15, 0.2) is 78.4 Å². The Hall–Kier alpha value is -3.98. The van der Waals surface area contributed by atoms with Crippen molar-refractivity contribution in [2.75, 3.05) is 6.54 Å². The van der Waals surface area contributed by atoms with Crippen molar-refractivity contribution in [2.24, 2.45) is 11.8 Å². The van der Waals surface area contributed by atoms with Crippen molar-refractivity contribution in [2.45, 2.75) is 19.8 Å². The normalized spacial score (nSPS) is 17.9. The van der Waals surface area contributed by atoms with Crippen molar-refractivity contribution < 1.29 is 28.7 Å². The minimum Gasteiger partial charge on any atom is -0.423 e. The highest BCUT2D eigenvalue weighted by atomic mass is 35.5. The monoisotopic (exact) mass is 624 g/mol. The number of imide groups is 1. The van der Waals surface area contributed by atoms with Gasteiger partial charge in [0.2, 0.25) is 0 Å². The highest BCUT2D eigenvalue weighted by Crippen LogP contribution is 2.39. The minimum absolute atomic E-state index is 0.0415.